The van der Waals surface area contributed by atoms with Gasteiger partial charge in [0.2, 0.25) is 0 Å². The highest BCUT2D eigenvalue weighted by molar-refractivity contribution is 5.70. The van der Waals surface area contributed by atoms with Crippen molar-refractivity contribution in [3.8, 4) is 0 Å². The predicted molar refractivity (Wildman–Crippen MR) is 334 cm³/mol. The fourth-order valence-corrected chi connectivity index (χ4v) is 10.4. The largest absolute Gasteiger partial charge is 0.545 e. The number of carboxylic acids is 1. The number of rotatable bonds is 65. The summed E-state index contributed by atoms with van der Waals surface area (Å²) >= 11 is 0. The van der Waals surface area contributed by atoms with Crippen molar-refractivity contribution < 1.29 is 42.9 Å². The summed E-state index contributed by atoms with van der Waals surface area (Å²) in [5.74, 6) is -2.26. The number of quaternary nitrogens is 1. The van der Waals surface area contributed by atoms with Gasteiger partial charge in [0.1, 0.15) is 13.2 Å². The van der Waals surface area contributed by atoms with Gasteiger partial charge in [-0.05, 0) is 64.2 Å². The summed E-state index contributed by atoms with van der Waals surface area (Å²) in [7, 11) is 5.94. The second kappa shape index (κ2) is 61.8. The average molecular weight is 1120 g/mol. The molecule has 9 nitrogen and oxygen atoms in total. The van der Waals surface area contributed by atoms with E-state index in [1.54, 1.807) is 0 Å². The van der Waals surface area contributed by atoms with Crippen LogP contribution in [0.1, 0.15) is 348 Å². The Bertz CT molecular complexity index is 1340. The van der Waals surface area contributed by atoms with Gasteiger partial charge in [0.25, 0.3) is 0 Å². The quantitative estimate of drug-likeness (QED) is 0.0195. The number of esters is 2. The molecule has 0 aliphatic carbocycles. The Morgan fingerprint density at radius 3 is 0.937 bits per heavy atom. The van der Waals surface area contributed by atoms with Crippen molar-refractivity contribution in [3.05, 3.63) is 24.3 Å². The number of carboxylic acid groups (broad SMARTS) is 1. The van der Waals surface area contributed by atoms with Crippen LogP contribution in [0.4, 0.5) is 0 Å². The van der Waals surface area contributed by atoms with Gasteiger partial charge in [0, 0.05) is 12.8 Å². The topological polar surface area (TPSA) is 111 Å². The van der Waals surface area contributed by atoms with Crippen molar-refractivity contribution in [1.29, 1.82) is 0 Å². The summed E-state index contributed by atoms with van der Waals surface area (Å²) in [6.07, 6.45) is 72.8. The van der Waals surface area contributed by atoms with Gasteiger partial charge < -0.3 is 33.3 Å². The molecule has 0 radical (unpaired) electrons. The van der Waals surface area contributed by atoms with Crippen molar-refractivity contribution in [2.24, 2.45) is 0 Å². The number of likely N-dealkylation sites (N-methyl/N-ethyl adjacent to an activating group) is 1. The Kier molecular flexibility index (Phi) is 60.1. The van der Waals surface area contributed by atoms with Crippen molar-refractivity contribution >= 4 is 17.9 Å². The van der Waals surface area contributed by atoms with Crippen molar-refractivity contribution in [2.75, 3.05) is 47.5 Å². The molecular formula is C70H133NO8. The van der Waals surface area contributed by atoms with Crippen LogP contribution in [0.25, 0.3) is 0 Å². The van der Waals surface area contributed by atoms with Crippen LogP contribution in [0.15, 0.2) is 24.3 Å². The Morgan fingerprint density at radius 1 is 0.367 bits per heavy atom. The summed E-state index contributed by atoms with van der Waals surface area (Å²) in [6.45, 7) is 4.80. The molecule has 0 aliphatic rings. The van der Waals surface area contributed by atoms with E-state index in [0.717, 1.165) is 38.5 Å². The molecule has 0 aromatic rings. The standard InChI is InChI=1S/C70H133NO8/c1-6-8-10-12-14-16-18-20-22-24-25-26-27-28-29-30-31-32-33-34-35-36-37-38-39-40-41-42-43-45-47-49-51-53-55-57-59-61-68(73)79-66(65-78-70(69(74)75)76-63-62-71(3,4)5)64-77-67(72)60-58-56-54-52-50-48-46-44-23-21-19-17-15-13-11-9-7-2/h21,23-25,66,70H,6-20,22,26-65H2,1-5H3/b23-21-,25-24-. The van der Waals surface area contributed by atoms with Gasteiger partial charge in [0.05, 0.1) is 40.3 Å². The molecule has 0 heterocycles. The third-order valence-electron chi connectivity index (χ3n) is 15.7. The molecule has 466 valence electrons. The molecule has 0 rings (SSSR count). The Hall–Kier alpha value is -2.23. The lowest BCUT2D eigenvalue weighted by molar-refractivity contribution is -0.870. The number of nitrogens with zero attached hydrogens (tertiary/aromatic N) is 1. The maximum atomic E-state index is 12.9. The van der Waals surface area contributed by atoms with E-state index < -0.39 is 24.3 Å². The molecule has 0 bridgehead atoms. The van der Waals surface area contributed by atoms with Gasteiger partial charge in [-0.1, -0.05) is 295 Å². The molecule has 2 atom stereocenters. The number of aliphatic carboxylic acids is 1. The minimum absolute atomic E-state index is 0.150. The zero-order chi connectivity index (χ0) is 57.6. The van der Waals surface area contributed by atoms with Gasteiger partial charge in [-0.2, -0.15) is 0 Å². The van der Waals surface area contributed by atoms with Crippen LogP contribution >= 0.6 is 0 Å². The lowest BCUT2D eigenvalue weighted by Crippen LogP contribution is -2.44. The fraction of sp³-hybridized carbons (Fsp3) is 0.900. The van der Waals surface area contributed by atoms with Crippen LogP contribution in [0.2, 0.25) is 0 Å². The zero-order valence-corrected chi connectivity index (χ0v) is 53.3. The summed E-state index contributed by atoms with van der Waals surface area (Å²) in [6, 6.07) is 0. The number of hydrogen-bond donors (Lipinski definition) is 0. The molecule has 79 heavy (non-hydrogen) atoms. The van der Waals surface area contributed by atoms with E-state index in [2.05, 4.69) is 38.2 Å². The summed E-state index contributed by atoms with van der Waals surface area (Å²) in [4.78, 5) is 37.4. The molecule has 9 heteroatoms. The molecule has 0 aliphatic heterocycles. The van der Waals surface area contributed by atoms with E-state index in [4.69, 9.17) is 18.9 Å². The highest BCUT2D eigenvalue weighted by Crippen LogP contribution is 2.18. The molecule has 0 aromatic carbocycles. The van der Waals surface area contributed by atoms with Gasteiger partial charge in [-0.15, -0.1) is 0 Å². The number of hydrogen-bond acceptors (Lipinski definition) is 8. The summed E-state index contributed by atoms with van der Waals surface area (Å²) in [5.41, 5.74) is 0. The molecular weight excluding hydrogens is 983 g/mol. The molecule has 0 saturated carbocycles. The number of unbranched alkanes of at least 4 members (excludes halogenated alkanes) is 46. The minimum Gasteiger partial charge on any atom is -0.545 e. The van der Waals surface area contributed by atoms with Gasteiger partial charge in [-0.25, -0.2) is 0 Å². The Balaban J connectivity index is 3.97. The predicted octanol–water partition coefficient (Wildman–Crippen LogP) is 19.7. The third kappa shape index (κ3) is 63.2. The van der Waals surface area contributed by atoms with Gasteiger partial charge >= 0.3 is 11.9 Å². The summed E-state index contributed by atoms with van der Waals surface area (Å²) in [5, 5.41) is 11.8. The van der Waals surface area contributed by atoms with E-state index in [9.17, 15) is 19.5 Å². The highest BCUT2D eigenvalue weighted by atomic mass is 16.7. The second-order valence-corrected chi connectivity index (χ2v) is 24.8. The first-order chi connectivity index (χ1) is 38.6. The number of ether oxygens (including phenoxy) is 4. The van der Waals surface area contributed by atoms with E-state index in [0.29, 0.717) is 17.4 Å². The van der Waals surface area contributed by atoms with Crippen LogP contribution in [0.3, 0.4) is 0 Å². The molecule has 2 unspecified atom stereocenters. The maximum Gasteiger partial charge on any atom is 0.306 e. The molecule has 0 saturated heterocycles. The molecule has 0 aromatic heterocycles. The smallest absolute Gasteiger partial charge is 0.306 e. The van der Waals surface area contributed by atoms with Crippen LogP contribution in [0, 0.1) is 0 Å². The Morgan fingerprint density at radius 2 is 0.646 bits per heavy atom. The lowest BCUT2D eigenvalue weighted by Gasteiger charge is -2.26. The second-order valence-electron chi connectivity index (χ2n) is 24.8. The van der Waals surface area contributed by atoms with Crippen molar-refractivity contribution in [2.45, 2.75) is 360 Å². The van der Waals surface area contributed by atoms with E-state index in [-0.39, 0.29) is 32.2 Å². The Labute approximate surface area is 490 Å². The number of carbonyl (C=O) groups excluding carboxylic acids is 3. The van der Waals surface area contributed by atoms with Crippen LogP contribution < -0.4 is 5.11 Å². The molecule has 0 amide bonds. The summed E-state index contributed by atoms with van der Waals surface area (Å²) < 4.78 is 22.8. The first-order valence-corrected chi connectivity index (χ1v) is 34.5. The minimum atomic E-state index is -1.62. The van der Waals surface area contributed by atoms with Crippen LogP contribution in [-0.2, 0) is 33.3 Å². The van der Waals surface area contributed by atoms with Crippen molar-refractivity contribution in [3.63, 3.8) is 0 Å². The van der Waals surface area contributed by atoms with Crippen LogP contribution in [-0.4, -0.2) is 82.3 Å². The van der Waals surface area contributed by atoms with E-state index in [1.165, 1.54) is 283 Å². The van der Waals surface area contributed by atoms with E-state index in [1.807, 2.05) is 21.1 Å². The highest BCUT2D eigenvalue weighted by Gasteiger charge is 2.22. The first-order valence-electron chi connectivity index (χ1n) is 34.5. The fourth-order valence-electron chi connectivity index (χ4n) is 10.4. The molecule has 0 N–H and O–H groups in total. The van der Waals surface area contributed by atoms with E-state index >= 15 is 0 Å². The first kappa shape index (κ1) is 76.8. The maximum absolute atomic E-state index is 12.9. The average Bonchev–Trinajstić information content (AvgIpc) is 3.42. The number of carbonyl (C=O) groups is 3. The van der Waals surface area contributed by atoms with Gasteiger partial charge in [0.15, 0.2) is 12.4 Å². The monoisotopic (exact) mass is 1120 g/mol. The third-order valence-corrected chi connectivity index (χ3v) is 15.7. The molecule has 0 fully saturated rings. The SMILES string of the molecule is CCCCCCCC/C=C\CCCCCCCCCC(=O)OCC(COC(OCC[N+](C)(C)C)C(=O)[O-])OC(=O)CCCCCCCCCCCCCCCCCCCCCCCCCCC/C=C\CCCCCCCCCC. The van der Waals surface area contributed by atoms with Gasteiger partial charge in [-0.3, -0.25) is 9.59 Å². The normalized spacial score (nSPS) is 12.8. The number of allylic oxidation sites excluding steroid dienone is 4. The zero-order valence-electron chi connectivity index (χ0n) is 53.3. The van der Waals surface area contributed by atoms with Crippen LogP contribution in [0.5, 0.6) is 0 Å². The van der Waals surface area contributed by atoms with Crippen molar-refractivity contribution in [1.82, 2.24) is 0 Å². The lowest BCUT2D eigenvalue weighted by atomic mass is 10.0. The molecule has 0 spiro atoms.